The Kier molecular flexibility index (Phi) is 3.55. The van der Waals surface area contributed by atoms with Crippen molar-refractivity contribution in [2.75, 3.05) is 0 Å². The lowest BCUT2D eigenvalue weighted by Gasteiger charge is -2.06. The zero-order valence-corrected chi connectivity index (χ0v) is 12.6. The molecular weight excluding hydrogens is 338 g/mol. The number of benzene rings is 2. The number of carbonyl (C=O) groups excluding carboxylic acids is 1. The number of nitrogens with zero attached hydrogens (tertiary/aromatic N) is 1. The maximum Gasteiger partial charge on any atom is 0.193 e. The second-order valence-corrected chi connectivity index (χ2v) is 5.62. The highest BCUT2D eigenvalue weighted by Gasteiger charge is 2.13. The van der Waals surface area contributed by atoms with Gasteiger partial charge in [0.05, 0.1) is 5.02 Å². The van der Waals surface area contributed by atoms with E-state index in [4.69, 9.17) is 11.6 Å². The van der Waals surface area contributed by atoms with Crippen LogP contribution < -0.4 is 0 Å². The maximum atomic E-state index is 12.6. The normalized spacial score (nSPS) is 10.7. The molecule has 0 radical (unpaired) electrons. The van der Waals surface area contributed by atoms with E-state index in [0.717, 1.165) is 10.8 Å². The number of halogens is 2. The Bertz CT molecular complexity index is 811. The average molecular weight is 347 g/mol. The molecule has 2 nitrogen and oxygen atoms in total. The summed E-state index contributed by atoms with van der Waals surface area (Å²) < 4.78 is 0.711. The average Bonchev–Trinajstić information content (AvgIpc) is 2.49. The third kappa shape index (κ3) is 2.35. The molecule has 20 heavy (non-hydrogen) atoms. The van der Waals surface area contributed by atoms with E-state index in [1.165, 1.54) is 0 Å². The molecule has 4 heteroatoms. The summed E-state index contributed by atoms with van der Waals surface area (Å²) in [6.07, 6.45) is 3.43. The van der Waals surface area contributed by atoms with E-state index in [9.17, 15) is 4.79 Å². The first-order valence-electron chi connectivity index (χ1n) is 5.99. The molecular formula is C16H9BrClNO. The quantitative estimate of drug-likeness (QED) is 0.619. The van der Waals surface area contributed by atoms with Gasteiger partial charge in [-0.3, -0.25) is 9.78 Å². The molecule has 0 fully saturated rings. The lowest BCUT2D eigenvalue weighted by Crippen LogP contribution is -2.02. The van der Waals surface area contributed by atoms with E-state index in [0.29, 0.717) is 20.6 Å². The summed E-state index contributed by atoms with van der Waals surface area (Å²) in [6, 6.07) is 12.7. The molecule has 1 heterocycles. The second kappa shape index (κ2) is 5.35. The van der Waals surface area contributed by atoms with Crippen LogP contribution in [0.25, 0.3) is 10.8 Å². The van der Waals surface area contributed by atoms with Gasteiger partial charge in [0.25, 0.3) is 0 Å². The number of carbonyl (C=O) groups is 1. The minimum atomic E-state index is -0.0408. The van der Waals surface area contributed by atoms with Gasteiger partial charge >= 0.3 is 0 Å². The van der Waals surface area contributed by atoms with Crippen LogP contribution in [0.1, 0.15) is 15.9 Å². The Balaban J connectivity index is 2.15. The van der Waals surface area contributed by atoms with Gasteiger partial charge in [0.1, 0.15) is 0 Å². The predicted molar refractivity (Wildman–Crippen MR) is 84.3 cm³/mol. The molecule has 0 amide bonds. The van der Waals surface area contributed by atoms with Crippen molar-refractivity contribution < 1.29 is 4.79 Å². The Hall–Kier alpha value is -1.71. The number of ketones is 1. The number of pyridine rings is 1. The summed E-state index contributed by atoms with van der Waals surface area (Å²) in [5, 5.41) is 2.44. The van der Waals surface area contributed by atoms with Crippen molar-refractivity contribution in [1.82, 2.24) is 4.98 Å². The van der Waals surface area contributed by atoms with Crippen molar-refractivity contribution in [3.05, 3.63) is 75.5 Å². The molecule has 0 N–H and O–H groups in total. The molecule has 0 spiro atoms. The van der Waals surface area contributed by atoms with Crippen molar-refractivity contribution in [3.8, 4) is 0 Å². The molecule has 0 aliphatic heterocycles. The van der Waals surface area contributed by atoms with Crippen molar-refractivity contribution in [3.63, 3.8) is 0 Å². The molecule has 1 aromatic heterocycles. The smallest absolute Gasteiger partial charge is 0.193 e. The summed E-state index contributed by atoms with van der Waals surface area (Å²) in [5.41, 5.74) is 1.24. The fourth-order valence-electron chi connectivity index (χ4n) is 2.10. The van der Waals surface area contributed by atoms with Gasteiger partial charge in [-0.2, -0.15) is 0 Å². The van der Waals surface area contributed by atoms with Gasteiger partial charge in [-0.15, -0.1) is 0 Å². The third-order valence-corrected chi connectivity index (χ3v) is 4.32. The summed E-state index contributed by atoms with van der Waals surface area (Å²) in [5.74, 6) is -0.0408. The topological polar surface area (TPSA) is 30.0 Å². The van der Waals surface area contributed by atoms with E-state index < -0.39 is 0 Å². The third-order valence-electron chi connectivity index (χ3n) is 3.11. The molecule has 0 unspecified atom stereocenters. The van der Waals surface area contributed by atoms with Crippen LogP contribution in [-0.2, 0) is 0 Å². The fraction of sp³-hybridized carbons (Fsp3) is 0. The molecule has 2 aromatic carbocycles. The molecule has 3 rings (SSSR count). The van der Waals surface area contributed by atoms with Gasteiger partial charge in [0.2, 0.25) is 0 Å². The van der Waals surface area contributed by atoms with Crippen LogP contribution in [0, 0.1) is 0 Å². The minimum absolute atomic E-state index is 0.0408. The molecule has 0 atom stereocenters. The highest BCUT2D eigenvalue weighted by molar-refractivity contribution is 9.10. The molecule has 0 saturated heterocycles. The van der Waals surface area contributed by atoms with Gasteiger partial charge in [-0.05, 0) is 45.6 Å². The molecule has 0 aliphatic rings. The summed E-state index contributed by atoms with van der Waals surface area (Å²) in [4.78, 5) is 16.7. The predicted octanol–water partition coefficient (Wildman–Crippen LogP) is 4.88. The maximum absolute atomic E-state index is 12.6. The first-order valence-corrected chi connectivity index (χ1v) is 7.16. The molecule has 0 aliphatic carbocycles. The first-order chi connectivity index (χ1) is 9.66. The molecule has 0 bridgehead atoms. The highest BCUT2D eigenvalue weighted by atomic mass is 79.9. The van der Waals surface area contributed by atoms with Crippen molar-refractivity contribution in [2.24, 2.45) is 0 Å². The first kappa shape index (κ1) is 13.3. The zero-order valence-electron chi connectivity index (χ0n) is 10.3. The van der Waals surface area contributed by atoms with Gasteiger partial charge in [0, 0.05) is 33.4 Å². The molecule has 3 aromatic rings. The SMILES string of the molecule is O=C(c1ccc(Cl)c(Br)c1)c1cccc2ccncc12. The van der Waals surface area contributed by atoms with Crippen molar-refractivity contribution in [1.29, 1.82) is 0 Å². The Morgan fingerprint density at radius 2 is 2.00 bits per heavy atom. The van der Waals surface area contributed by atoms with Crippen LogP contribution in [0.5, 0.6) is 0 Å². The lowest BCUT2D eigenvalue weighted by atomic mass is 9.98. The summed E-state index contributed by atoms with van der Waals surface area (Å²) in [7, 11) is 0. The largest absolute Gasteiger partial charge is 0.289 e. The minimum Gasteiger partial charge on any atom is -0.289 e. The van der Waals surface area contributed by atoms with E-state index >= 15 is 0 Å². The van der Waals surface area contributed by atoms with Gasteiger partial charge in [-0.25, -0.2) is 0 Å². The van der Waals surface area contributed by atoms with E-state index in [1.807, 2.05) is 24.3 Å². The Labute approximate surface area is 129 Å². The molecule has 0 saturated carbocycles. The Morgan fingerprint density at radius 1 is 1.15 bits per heavy atom. The van der Waals surface area contributed by atoms with Gasteiger partial charge in [-0.1, -0.05) is 29.8 Å². The van der Waals surface area contributed by atoms with Crippen molar-refractivity contribution in [2.45, 2.75) is 0 Å². The van der Waals surface area contributed by atoms with Crippen LogP contribution in [0.2, 0.25) is 5.02 Å². The van der Waals surface area contributed by atoms with Crippen LogP contribution in [-0.4, -0.2) is 10.8 Å². The molecule has 98 valence electrons. The fourth-order valence-corrected chi connectivity index (χ4v) is 2.60. The summed E-state index contributed by atoms with van der Waals surface area (Å²) in [6.45, 7) is 0. The summed E-state index contributed by atoms with van der Waals surface area (Å²) >= 11 is 9.30. The van der Waals surface area contributed by atoms with Crippen LogP contribution >= 0.6 is 27.5 Å². The lowest BCUT2D eigenvalue weighted by molar-refractivity contribution is 0.104. The van der Waals surface area contributed by atoms with E-state index in [1.54, 1.807) is 30.6 Å². The number of aromatic nitrogens is 1. The Morgan fingerprint density at radius 3 is 2.80 bits per heavy atom. The number of fused-ring (bicyclic) bond motifs is 1. The number of rotatable bonds is 2. The zero-order chi connectivity index (χ0) is 14.1. The van der Waals surface area contributed by atoms with Crippen LogP contribution in [0.15, 0.2) is 59.3 Å². The van der Waals surface area contributed by atoms with Crippen LogP contribution in [0.4, 0.5) is 0 Å². The number of hydrogen-bond donors (Lipinski definition) is 0. The van der Waals surface area contributed by atoms with Crippen molar-refractivity contribution >= 4 is 44.1 Å². The monoisotopic (exact) mass is 345 g/mol. The van der Waals surface area contributed by atoms with Gasteiger partial charge in [0.15, 0.2) is 5.78 Å². The van der Waals surface area contributed by atoms with Crippen LogP contribution in [0.3, 0.4) is 0 Å². The standard InChI is InChI=1S/C16H9BrClNO/c17-14-8-11(4-5-15(14)18)16(20)12-3-1-2-10-6-7-19-9-13(10)12/h1-9H. The van der Waals surface area contributed by atoms with E-state index in [-0.39, 0.29) is 5.78 Å². The highest BCUT2D eigenvalue weighted by Crippen LogP contribution is 2.26. The second-order valence-electron chi connectivity index (χ2n) is 4.36. The van der Waals surface area contributed by atoms with Gasteiger partial charge < -0.3 is 0 Å². The van der Waals surface area contributed by atoms with E-state index in [2.05, 4.69) is 20.9 Å². The number of hydrogen-bond acceptors (Lipinski definition) is 2.